The van der Waals surface area contributed by atoms with E-state index in [0.29, 0.717) is 0 Å². The second-order valence-electron chi connectivity index (χ2n) is 3.81. The van der Waals surface area contributed by atoms with Gasteiger partial charge in [-0.1, -0.05) is 9.01 Å². The predicted octanol–water partition coefficient (Wildman–Crippen LogP) is -1.82. The summed E-state index contributed by atoms with van der Waals surface area (Å²) < 4.78 is 51.1. The summed E-state index contributed by atoms with van der Waals surface area (Å²) >= 11 is 0. The molecule has 0 spiro atoms. The standard InChI is InChI=1S/C6H15N3O7S2/c1-6(2,16-5(7)10)4-17(11,12)9-18(13,14)8-15-3/h8-9H,4H2,1-3H3,(H2,7,10). The number of hydrogen-bond acceptors (Lipinski definition) is 7. The molecule has 0 radical (unpaired) electrons. The number of nitrogens with two attached hydrogens (primary N) is 1. The first-order chi connectivity index (χ1) is 7.89. The summed E-state index contributed by atoms with van der Waals surface area (Å²) in [7, 11) is -7.66. The molecule has 10 nitrogen and oxygen atoms in total. The fourth-order valence-corrected chi connectivity index (χ4v) is 3.99. The Morgan fingerprint density at radius 3 is 2.17 bits per heavy atom. The Kier molecular flexibility index (Phi) is 5.49. The van der Waals surface area contributed by atoms with Crippen molar-refractivity contribution in [3.8, 4) is 0 Å². The third-order valence-electron chi connectivity index (χ3n) is 1.34. The molecule has 0 aromatic carbocycles. The zero-order chi connectivity index (χ0) is 14.6. The Balaban J connectivity index is 4.83. The summed E-state index contributed by atoms with van der Waals surface area (Å²) in [6.07, 6.45) is -1.17. The van der Waals surface area contributed by atoms with Gasteiger partial charge in [0.2, 0.25) is 10.0 Å². The Morgan fingerprint density at radius 1 is 1.28 bits per heavy atom. The summed E-state index contributed by atoms with van der Waals surface area (Å²) in [4.78, 5) is 16.1. The molecule has 0 saturated carbocycles. The van der Waals surface area contributed by atoms with Crippen LogP contribution >= 0.6 is 0 Å². The minimum absolute atomic E-state index is 0.798. The molecule has 0 rings (SSSR count). The lowest BCUT2D eigenvalue weighted by Crippen LogP contribution is -2.46. The number of hydrogen-bond donors (Lipinski definition) is 3. The van der Waals surface area contributed by atoms with Gasteiger partial charge in [-0.15, -0.1) is 0 Å². The number of ether oxygens (including phenoxy) is 1. The molecule has 0 heterocycles. The van der Waals surface area contributed by atoms with E-state index in [1.54, 1.807) is 0 Å². The van der Waals surface area contributed by atoms with Crippen LogP contribution in [0.15, 0.2) is 0 Å². The second kappa shape index (κ2) is 5.79. The smallest absolute Gasteiger partial charge is 0.405 e. The fraction of sp³-hybridized carbons (Fsp3) is 0.833. The molecule has 1 amide bonds. The molecule has 18 heavy (non-hydrogen) atoms. The molecule has 0 fully saturated rings. The topological polar surface area (TPSA) is 154 Å². The highest BCUT2D eigenvalue weighted by Gasteiger charge is 2.32. The summed E-state index contributed by atoms with van der Waals surface area (Å²) in [5, 5.41) is 0. The van der Waals surface area contributed by atoms with Crippen molar-refractivity contribution < 1.29 is 31.2 Å². The Labute approximate surface area is 105 Å². The second-order valence-corrected chi connectivity index (χ2v) is 7.17. The number of rotatable bonds is 7. The Morgan fingerprint density at radius 2 is 1.78 bits per heavy atom. The van der Waals surface area contributed by atoms with Crippen LogP contribution in [0.4, 0.5) is 4.79 Å². The van der Waals surface area contributed by atoms with Crippen molar-refractivity contribution in [1.82, 2.24) is 9.01 Å². The van der Waals surface area contributed by atoms with Crippen molar-refractivity contribution in [2.75, 3.05) is 12.9 Å². The van der Waals surface area contributed by atoms with Gasteiger partial charge in [0.15, 0.2) is 0 Å². The van der Waals surface area contributed by atoms with Crippen LogP contribution in [0.1, 0.15) is 13.8 Å². The molecule has 0 saturated heterocycles. The van der Waals surface area contributed by atoms with Gasteiger partial charge < -0.3 is 10.5 Å². The summed E-state index contributed by atoms with van der Waals surface area (Å²) in [6.45, 7) is 2.51. The van der Waals surface area contributed by atoms with Crippen molar-refractivity contribution in [2.45, 2.75) is 19.4 Å². The molecule has 0 aliphatic rings. The fourth-order valence-electron chi connectivity index (χ4n) is 1.08. The maximum Gasteiger partial charge on any atom is 0.405 e. The molecule has 0 bridgehead atoms. The molecule has 0 aliphatic carbocycles. The first-order valence-electron chi connectivity index (χ1n) is 4.43. The monoisotopic (exact) mass is 305 g/mol. The number of carbonyl (C=O) groups excluding carboxylic acids is 1. The van der Waals surface area contributed by atoms with Crippen LogP contribution in [0, 0.1) is 0 Å². The molecule has 0 aromatic rings. The number of nitrogens with one attached hydrogen (secondary N) is 2. The van der Waals surface area contributed by atoms with Crippen molar-refractivity contribution in [1.29, 1.82) is 0 Å². The molecular formula is C6H15N3O7S2. The molecule has 108 valence electrons. The lowest BCUT2D eigenvalue weighted by Gasteiger charge is -2.23. The van der Waals surface area contributed by atoms with Gasteiger partial charge in [0.1, 0.15) is 11.4 Å². The molecule has 0 aromatic heterocycles. The number of primary amides is 1. The zero-order valence-electron chi connectivity index (χ0n) is 9.96. The third-order valence-corrected chi connectivity index (χ3v) is 4.70. The van der Waals surface area contributed by atoms with E-state index in [2.05, 4.69) is 9.57 Å². The third kappa shape index (κ3) is 7.39. The van der Waals surface area contributed by atoms with E-state index in [0.717, 1.165) is 7.11 Å². The van der Waals surface area contributed by atoms with E-state index >= 15 is 0 Å². The van der Waals surface area contributed by atoms with Gasteiger partial charge in [0.05, 0.1) is 7.11 Å². The van der Waals surface area contributed by atoms with Crippen LogP contribution in [0.2, 0.25) is 0 Å². The van der Waals surface area contributed by atoms with Crippen molar-refractivity contribution in [3.63, 3.8) is 0 Å². The summed E-state index contributed by atoms with van der Waals surface area (Å²) in [5.41, 5.74) is 3.26. The number of sulfonamides is 1. The highest BCUT2D eigenvalue weighted by Crippen LogP contribution is 2.12. The van der Waals surface area contributed by atoms with Gasteiger partial charge in [-0.3, -0.25) is 4.84 Å². The van der Waals surface area contributed by atoms with Gasteiger partial charge in [0.25, 0.3) is 0 Å². The molecular weight excluding hydrogens is 290 g/mol. The normalized spacial score (nSPS) is 13.3. The first-order valence-corrected chi connectivity index (χ1v) is 7.57. The van der Waals surface area contributed by atoms with E-state index in [4.69, 9.17) is 5.73 Å². The summed E-state index contributed by atoms with van der Waals surface area (Å²) in [5.74, 6) is -0.798. The van der Waals surface area contributed by atoms with Gasteiger partial charge >= 0.3 is 16.3 Å². The quantitative estimate of drug-likeness (QED) is 0.467. The number of carbonyl (C=O) groups is 1. The average Bonchev–Trinajstić information content (AvgIpc) is 1.93. The molecule has 12 heteroatoms. The molecule has 0 unspecified atom stereocenters. The maximum atomic E-state index is 11.5. The van der Waals surface area contributed by atoms with Gasteiger partial charge in [-0.2, -0.15) is 8.42 Å². The Bertz CT molecular complexity index is 495. The molecule has 0 aliphatic heterocycles. The van der Waals surface area contributed by atoms with E-state index in [9.17, 15) is 21.6 Å². The van der Waals surface area contributed by atoms with Gasteiger partial charge in [0, 0.05) is 0 Å². The minimum Gasteiger partial charge on any atom is -0.443 e. The van der Waals surface area contributed by atoms with Crippen LogP contribution in [-0.2, 0) is 29.8 Å². The van der Waals surface area contributed by atoms with Gasteiger partial charge in [-0.25, -0.2) is 13.2 Å². The van der Waals surface area contributed by atoms with Crippen LogP contribution in [0.25, 0.3) is 0 Å². The van der Waals surface area contributed by atoms with Crippen molar-refractivity contribution in [3.05, 3.63) is 0 Å². The van der Waals surface area contributed by atoms with Crippen LogP contribution < -0.4 is 14.7 Å². The van der Waals surface area contributed by atoms with E-state index in [1.165, 1.54) is 22.9 Å². The first kappa shape index (κ1) is 17.1. The highest BCUT2D eigenvalue weighted by molar-refractivity contribution is 8.03. The molecule has 4 N–H and O–H groups in total. The minimum atomic E-state index is -4.37. The van der Waals surface area contributed by atoms with Crippen LogP contribution in [-0.4, -0.2) is 41.4 Å². The molecule has 0 atom stereocenters. The van der Waals surface area contributed by atoms with Crippen LogP contribution in [0.5, 0.6) is 0 Å². The van der Waals surface area contributed by atoms with E-state index in [-0.39, 0.29) is 0 Å². The SMILES string of the molecule is CONS(=O)(=O)NS(=O)(=O)CC(C)(C)OC(N)=O. The largest absolute Gasteiger partial charge is 0.443 e. The average molecular weight is 305 g/mol. The van der Waals surface area contributed by atoms with Crippen molar-refractivity contribution in [2.24, 2.45) is 5.73 Å². The zero-order valence-corrected chi connectivity index (χ0v) is 11.6. The van der Waals surface area contributed by atoms with E-state index in [1.807, 2.05) is 0 Å². The van der Waals surface area contributed by atoms with Crippen LogP contribution in [0.3, 0.4) is 0 Å². The number of amides is 1. The lowest BCUT2D eigenvalue weighted by atomic mass is 10.2. The Hall–Kier alpha value is -0.950. The lowest BCUT2D eigenvalue weighted by molar-refractivity contribution is 0.0622. The van der Waals surface area contributed by atoms with Gasteiger partial charge in [-0.05, 0) is 13.8 Å². The van der Waals surface area contributed by atoms with Crippen molar-refractivity contribution >= 4 is 26.3 Å². The maximum absolute atomic E-state index is 11.5. The highest BCUT2D eigenvalue weighted by atomic mass is 32.3. The van der Waals surface area contributed by atoms with E-state index < -0.39 is 37.7 Å². The summed E-state index contributed by atoms with van der Waals surface area (Å²) in [6, 6.07) is 0. The predicted molar refractivity (Wildman–Crippen MR) is 60.7 cm³/mol.